The summed E-state index contributed by atoms with van der Waals surface area (Å²) in [7, 11) is 2.07. The molecule has 0 bridgehead atoms. The fourth-order valence-corrected chi connectivity index (χ4v) is 2.63. The number of nitrogens with one attached hydrogen (secondary N) is 1. The van der Waals surface area contributed by atoms with Crippen LogP contribution in [0.5, 0.6) is 0 Å². The Labute approximate surface area is 127 Å². The van der Waals surface area contributed by atoms with Crippen LogP contribution in [0.3, 0.4) is 0 Å². The van der Waals surface area contributed by atoms with Crippen molar-refractivity contribution in [3.05, 3.63) is 60.2 Å². The molecule has 0 amide bonds. The van der Waals surface area contributed by atoms with Gasteiger partial charge in [-0.3, -0.25) is 9.97 Å². The van der Waals surface area contributed by atoms with Crippen molar-refractivity contribution in [3.63, 3.8) is 0 Å². The molecule has 2 rings (SSSR count). The average molecular weight is 283 g/mol. The first-order chi connectivity index (χ1) is 10.4. The summed E-state index contributed by atoms with van der Waals surface area (Å²) in [5, 5.41) is 3.44. The highest BCUT2D eigenvalue weighted by molar-refractivity contribution is 5.09. The minimum Gasteiger partial charge on any atom is -0.317 e. The molecule has 2 aromatic rings. The van der Waals surface area contributed by atoms with Crippen molar-refractivity contribution in [2.75, 3.05) is 7.05 Å². The maximum absolute atomic E-state index is 4.16. The van der Waals surface area contributed by atoms with Crippen LogP contribution in [-0.4, -0.2) is 23.1 Å². The van der Waals surface area contributed by atoms with Crippen molar-refractivity contribution in [2.45, 2.75) is 44.6 Å². The van der Waals surface area contributed by atoms with E-state index >= 15 is 0 Å². The van der Waals surface area contributed by atoms with Crippen LogP contribution < -0.4 is 5.32 Å². The van der Waals surface area contributed by atoms with Gasteiger partial charge in [-0.2, -0.15) is 0 Å². The third kappa shape index (κ3) is 6.05. The fourth-order valence-electron chi connectivity index (χ4n) is 2.63. The first-order valence-corrected chi connectivity index (χ1v) is 7.83. The highest BCUT2D eigenvalue weighted by Gasteiger charge is 2.06. The average Bonchev–Trinajstić information content (AvgIpc) is 2.55. The molecule has 0 saturated carbocycles. The molecule has 2 heterocycles. The minimum atomic E-state index is 0.610. The van der Waals surface area contributed by atoms with Crippen molar-refractivity contribution >= 4 is 0 Å². The Kier molecular flexibility index (Phi) is 6.89. The number of hydrogen-bond donors (Lipinski definition) is 1. The van der Waals surface area contributed by atoms with E-state index in [0.29, 0.717) is 6.04 Å². The van der Waals surface area contributed by atoms with Gasteiger partial charge in [-0.25, -0.2) is 0 Å². The second-order valence-electron chi connectivity index (χ2n) is 5.49. The Morgan fingerprint density at radius 3 is 1.81 bits per heavy atom. The van der Waals surface area contributed by atoms with Crippen LogP contribution >= 0.6 is 0 Å². The molecule has 0 saturated heterocycles. The molecule has 21 heavy (non-hydrogen) atoms. The minimum absolute atomic E-state index is 0.610. The van der Waals surface area contributed by atoms with Crippen molar-refractivity contribution < 1.29 is 0 Å². The SMILES string of the molecule is CNC(CCCc1cccnc1)CCCc1cccnc1. The fraction of sp³-hybridized carbons (Fsp3) is 0.444. The molecule has 0 spiro atoms. The van der Waals surface area contributed by atoms with Crippen LogP contribution in [0.15, 0.2) is 49.1 Å². The first-order valence-electron chi connectivity index (χ1n) is 7.83. The second-order valence-corrected chi connectivity index (χ2v) is 5.49. The number of rotatable bonds is 9. The molecule has 2 aromatic heterocycles. The standard InChI is InChI=1S/C18H25N3/c1-19-18(10-2-6-16-8-4-12-20-14-16)11-3-7-17-9-5-13-21-15-17/h4-5,8-9,12-15,18-19H,2-3,6-7,10-11H2,1H3. The molecule has 1 N–H and O–H groups in total. The zero-order valence-electron chi connectivity index (χ0n) is 12.8. The summed E-state index contributed by atoms with van der Waals surface area (Å²) in [5.74, 6) is 0. The van der Waals surface area contributed by atoms with Crippen LogP contribution in [0, 0.1) is 0 Å². The van der Waals surface area contributed by atoms with Gasteiger partial charge in [0.1, 0.15) is 0 Å². The van der Waals surface area contributed by atoms with Gasteiger partial charge in [0, 0.05) is 30.8 Å². The molecule has 0 radical (unpaired) electrons. The highest BCUT2D eigenvalue weighted by Crippen LogP contribution is 2.11. The van der Waals surface area contributed by atoms with Crippen molar-refractivity contribution in [2.24, 2.45) is 0 Å². The van der Waals surface area contributed by atoms with E-state index < -0.39 is 0 Å². The monoisotopic (exact) mass is 283 g/mol. The molecule has 0 aliphatic heterocycles. The molecule has 0 atom stereocenters. The number of pyridine rings is 2. The largest absolute Gasteiger partial charge is 0.317 e. The van der Waals surface area contributed by atoms with Crippen LogP contribution in [0.4, 0.5) is 0 Å². The van der Waals surface area contributed by atoms with E-state index in [-0.39, 0.29) is 0 Å². The van der Waals surface area contributed by atoms with E-state index in [0.717, 1.165) is 12.8 Å². The maximum Gasteiger partial charge on any atom is 0.0299 e. The zero-order chi connectivity index (χ0) is 14.8. The maximum atomic E-state index is 4.16. The number of nitrogens with zero attached hydrogens (tertiary/aromatic N) is 2. The Hall–Kier alpha value is -1.74. The van der Waals surface area contributed by atoms with E-state index in [9.17, 15) is 0 Å². The van der Waals surface area contributed by atoms with E-state index in [1.165, 1.54) is 36.8 Å². The molecule has 0 fully saturated rings. The van der Waals surface area contributed by atoms with E-state index in [2.05, 4.69) is 34.5 Å². The quantitative estimate of drug-likeness (QED) is 0.766. The Bertz CT molecular complexity index is 439. The summed E-state index contributed by atoms with van der Waals surface area (Å²) < 4.78 is 0. The predicted octanol–water partition coefficient (Wildman–Crippen LogP) is 3.41. The zero-order valence-corrected chi connectivity index (χ0v) is 12.8. The van der Waals surface area contributed by atoms with Crippen LogP contribution in [-0.2, 0) is 12.8 Å². The second kappa shape index (κ2) is 9.24. The molecule has 112 valence electrons. The molecule has 0 aliphatic carbocycles. The normalized spacial score (nSPS) is 11.0. The summed E-state index contributed by atoms with van der Waals surface area (Å²) in [6.45, 7) is 0. The van der Waals surface area contributed by atoms with Crippen molar-refractivity contribution in [1.29, 1.82) is 0 Å². The lowest BCUT2D eigenvalue weighted by atomic mass is 10.0. The number of aryl methyl sites for hydroxylation is 2. The van der Waals surface area contributed by atoms with Crippen LogP contribution in [0.25, 0.3) is 0 Å². The third-order valence-electron chi connectivity index (χ3n) is 3.89. The predicted molar refractivity (Wildman–Crippen MR) is 87.2 cm³/mol. The number of aromatic nitrogens is 2. The molecule has 0 aliphatic rings. The highest BCUT2D eigenvalue weighted by atomic mass is 14.9. The van der Waals surface area contributed by atoms with Gasteiger partial charge in [0.2, 0.25) is 0 Å². The number of hydrogen-bond acceptors (Lipinski definition) is 3. The topological polar surface area (TPSA) is 37.8 Å². The molecular formula is C18H25N3. The summed E-state index contributed by atoms with van der Waals surface area (Å²) in [5.41, 5.74) is 2.67. The smallest absolute Gasteiger partial charge is 0.0299 e. The van der Waals surface area contributed by atoms with E-state index in [1.54, 1.807) is 0 Å². The van der Waals surface area contributed by atoms with Crippen molar-refractivity contribution in [3.8, 4) is 0 Å². The molecule has 3 heteroatoms. The van der Waals surface area contributed by atoms with E-state index in [4.69, 9.17) is 0 Å². The lowest BCUT2D eigenvalue weighted by Gasteiger charge is -2.16. The summed E-state index contributed by atoms with van der Waals surface area (Å²) in [6.07, 6.45) is 14.7. The van der Waals surface area contributed by atoms with Gasteiger partial charge in [0.15, 0.2) is 0 Å². The van der Waals surface area contributed by atoms with Gasteiger partial charge in [-0.15, -0.1) is 0 Å². The van der Waals surface area contributed by atoms with Gasteiger partial charge in [-0.1, -0.05) is 12.1 Å². The van der Waals surface area contributed by atoms with Gasteiger partial charge in [0.05, 0.1) is 0 Å². The Morgan fingerprint density at radius 2 is 1.43 bits per heavy atom. The van der Waals surface area contributed by atoms with Crippen molar-refractivity contribution in [1.82, 2.24) is 15.3 Å². The molecule has 3 nitrogen and oxygen atoms in total. The van der Waals surface area contributed by atoms with Crippen LogP contribution in [0.2, 0.25) is 0 Å². The molecular weight excluding hydrogens is 258 g/mol. The molecule has 0 unspecified atom stereocenters. The lowest BCUT2D eigenvalue weighted by Crippen LogP contribution is -2.25. The lowest BCUT2D eigenvalue weighted by molar-refractivity contribution is 0.461. The third-order valence-corrected chi connectivity index (χ3v) is 3.89. The molecule has 0 aromatic carbocycles. The Balaban J connectivity index is 1.64. The Morgan fingerprint density at radius 1 is 0.905 bits per heavy atom. The summed E-state index contributed by atoms with van der Waals surface area (Å²) in [4.78, 5) is 8.33. The van der Waals surface area contributed by atoms with Gasteiger partial charge in [-0.05, 0) is 68.8 Å². The van der Waals surface area contributed by atoms with Gasteiger partial charge < -0.3 is 5.32 Å². The first kappa shape index (κ1) is 15.6. The van der Waals surface area contributed by atoms with E-state index in [1.807, 2.05) is 36.9 Å². The van der Waals surface area contributed by atoms with Gasteiger partial charge >= 0.3 is 0 Å². The summed E-state index contributed by atoms with van der Waals surface area (Å²) >= 11 is 0. The van der Waals surface area contributed by atoms with Gasteiger partial charge in [0.25, 0.3) is 0 Å². The van der Waals surface area contributed by atoms with Crippen LogP contribution in [0.1, 0.15) is 36.8 Å². The summed E-state index contributed by atoms with van der Waals surface area (Å²) in [6, 6.07) is 8.95.